The fourth-order valence-corrected chi connectivity index (χ4v) is 1.84. The summed E-state index contributed by atoms with van der Waals surface area (Å²) < 4.78 is 2.29. The van der Waals surface area contributed by atoms with Crippen LogP contribution in [0.2, 0.25) is 0 Å². The summed E-state index contributed by atoms with van der Waals surface area (Å²) in [6.45, 7) is 6.09. The van der Waals surface area contributed by atoms with Gasteiger partial charge in [0.05, 0.1) is 5.69 Å². The molecule has 1 aliphatic heterocycles. The van der Waals surface area contributed by atoms with Crippen LogP contribution >= 0.6 is 0 Å². The molecule has 0 atom stereocenters. The summed E-state index contributed by atoms with van der Waals surface area (Å²) in [6, 6.07) is 0. The Balaban J connectivity index is 2.32. The highest BCUT2D eigenvalue weighted by molar-refractivity contribution is 5.16. The second-order valence-corrected chi connectivity index (χ2v) is 4.78. The van der Waals surface area contributed by atoms with E-state index < -0.39 is 0 Å². The number of rotatable bonds is 2. The Morgan fingerprint density at radius 2 is 2.29 bits per heavy atom. The molecule has 0 unspecified atom stereocenters. The van der Waals surface area contributed by atoms with Gasteiger partial charge in [-0.25, -0.2) is 4.98 Å². The van der Waals surface area contributed by atoms with Crippen LogP contribution in [-0.2, 0) is 18.4 Å². The van der Waals surface area contributed by atoms with Crippen molar-refractivity contribution in [1.82, 2.24) is 9.55 Å². The molecule has 0 aromatic carbocycles. The van der Waals surface area contributed by atoms with Gasteiger partial charge in [0, 0.05) is 31.1 Å². The Hall–Kier alpha value is -0.830. The number of nitrogens with zero attached hydrogens (tertiary/aromatic N) is 2. The first-order valence-corrected chi connectivity index (χ1v) is 5.40. The third kappa shape index (κ3) is 1.57. The SMILES string of the molecule is CC(C)(CN)c1cn2c(n1)CCCC2. The standard InChI is InChI=1S/C11H19N3/c1-11(2,8-12)9-7-14-6-4-3-5-10(14)13-9/h7H,3-6,8,12H2,1-2H3. The van der Waals surface area contributed by atoms with Gasteiger partial charge in [-0.3, -0.25) is 0 Å². The van der Waals surface area contributed by atoms with Crippen LogP contribution in [0.5, 0.6) is 0 Å². The maximum atomic E-state index is 5.75. The number of hydrogen-bond acceptors (Lipinski definition) is 2. The van der Waals surface area contributed by atoms with Gasteiger partial charge in [0.25, 0.3) is 0 Å². The largest absolute Gasteiger partial charge is 0.335 e. The van der Waals surface area contributed by atoms with Gasteiger partial charge in [-0.2, -0.15) is 0 Å². The van der Waals surface area contributed by atoms with Crippen molar-refractivity contribution in [2.75, 3.05) is 6.54 Å². The molecule has 1 aromatic rings. The molecule has 0 saturated carbocycles. The fraction of sp³-hybridized carbons (Fsp3) is 0.727. The number of hydrogen-bond donors (Lipinski definition) is 1. The lowest BCUT2D eigenvalue weighted by molar-refractivity contribution is 0.522. The zero-order valence-corrected chi connectivity index (χ0v) is 9.08. The molecule has 0 saturated heterocycles. The Bertz CT molecular complexity index is 302. The third-order valence-corrected chi connectivity index (χ3v) is 3.11. The molecule has 14 heavy (non-hydrogen) atoms. The minimum Gasteiger partial charge on any atom is -0.335 e. The van der Waals surface area contributed by atoms with Crippen molar-refractivity contribution >= 4 is 0 Å². The second-order valence-electron chi connectivity index (χ2n) is 4.78. The van der Waals surface area contributed by atoms with E-state index >= 15 is 0 Å². The highest BCUT2D eigenvalue weighted by Gasteiger charge is 2.24. The van der Waals surface area contributed by atoms with E-state index in [0.717, 1.165) is 18.7 Å². The van der Waals surface area contributed by atoms with Gasteiger partial charge < -0.3 is 10.3 Å². The van der Waals surface area contributed by atoms with Gasteiger partial charge in [0.15, 0.2) is 0 Å². The van der Waals surface area contributed by atoms with E-state index in [9.17, 15) is 0 Å². The number of imidazole rings is 1. The van der Waals surface area contributed by atoms with Gasteiger partial charge in [-0.15, -0.1) is 0 Å². The van der Waals surface area contributed by atoms with Crippen LogP contribution in [0.4, 0.5) is 0 Å². The Kier molecular flexibility index (Phi) is 2.35. The molecule has 2 heterocycles. The van der Waals surface area contributed by atoms with Crippen LogP contribution in [0.25, 0.3) is 0 Å². The average molecular weight is 193 g/mol. The molecule has 0 bridgehead atoms. The van der Waals surface area contributed by atoms with Gasteiger partial charge in [-0.05, 0) is 12.8 Å². The third-order valence-electron chi connectivity index (χ3n) is 3.11. The van der Waals surface area contributed by atoms with Crippen LogP contribution in [0.1, 0.15) is 38.2 Å². The molecular formula is C11H19N3. The average Bonchev–Trinajstić information content (AvgIpc) is 2.61. The molecule has 0 aliphatic carbocycles. The van der Waals surface area contributed by atoms with Crippen LogP contribution in [0, 0.1) is 0 Å². The van der Waals surface area contributed by atoms with E-state index in [1.165, 1.54) is 18.7 Å². The van der Waals surface area contributed by atoms with E-state index in [4.69, 9.17) is 5.73 Å². The van der Waals surface area contributed by atoms with Gasteiger partial charge in [0.2, 0.25) is 0 Å². The minimum atomic E-state index is 0.0182. The van der Waals surface area contributed by atoms with E-state index in [1.54, 1.807) is 0 Å². The second kappa shape index (κ2) is 3.39. The zero-order valence-electron chi connectivity index (χ0n) is 9.08. The first kappa shape index (κ1) is 9.71. The summed E-state index contributed by atoms with van der Waals surface area (Å²) in [5, 5.41) is 0. The summed E-state index contributed by atoms with van der Waals surface area (Å²) in [5.74, 6) is 1.24. The molecule has 2 rings (SSSR count). The Morgan fingerprint density at radius 1 is 1.50 bits per heavy atom. The van der Waals surface area contributed by atoms with E-state index in [0.29, 0.717) is 6.54 Å². The lowest BCUT2D eigenvalue weighted by atomic mass is 9.90. The first-order valence-electron chi connectivity index (χ1n) is 5.40. The molecule has 1 aromatic heterocycles. The fourth-order valence-electron chi connectivity index (χ4n) is 1.84. The molecule has 78 valence electrons. The predicted octanol–water partition coefficient (Wildman–Crippen LogP) is 1.46. The van der Waals surface area contributed by atoms with E-state index in [1.807, 2.05) is 0 Å². The molecule has 1 aliphatic rings. The van der Waals surface area contributed by atoms with Crippen molar-refractivity contribution in [2.24, 2.45) is 5.73 Å². The number of fused-ring (bicyclic) bond motifs is 1. The van der Waals surface area contributed by atoms with Crippen LogP contribution in [0.3, 0.4) is 0 Å². The maximum Gasteiger partial charge on any atom is 0.108 e. The van der Waals surface area contributed by atoms with Crippen LogP contribution < -0.4 is 5.73 Å². The monoisotopic (exact) mass is 193 g/mol. The molecule has 3 nitrogen and oxygen atoms in total. The Morgan fingerprint density at radius 3 is 2.93 bits per heavy atom. The van der Waals surface area contributed by atoms with Gasteiger partial charge in [0.1, 0.15) is 5.82 Å². The predicted molar refractivity (Wildman–Crippen MR) is 57.2 cm³/mol. The van der Waals surface area contributed by atoms with E-state index in [-0.39, 0.29) is 5.41 Å². The number of aryl methyl sites for hydroxylation is 2. The van der Waals surface area contributed by atoms with Crippen molar-refractivity contribution in [1.29, 1.82) is 0 Å². The van der Waals surface area contributed by atoms with Crippen molar-refractivity contribution in [2.45, 2.75) is 45.1 Å². The van der Waals surface area contributed by atoms with Crippen molar-refractivity contribution in [3.05, 3.63) is 17.7 Å². The van der Waals surface area contributed by atoms with Gasteiger partial charge in [-0.1, -0.05) is 13.8 Å². The smallest absolute Gasteiger partial charge is 0.108 e. The number of aromatic nitrogens is 2. The van der Waals surface area contributed by atoms with Crippen LogP contribution in [-0.4, -0.2) is 16.1 Å². The van der Waals surface area contributed by atoms with Gasteiger partial charge >= 0.3 is 0 Å². The summed E-state index contributed by atoms with van der Waals surface area (Å²) in [4.78, 5) is 4.68. The highest BCUT2D eigenvalue weighted by atomic mass is 15.1. The quantitative estimate of drug-likeness (QED) is 0.772. The molecule has 3 heteroatoms. The number of nitrogens with two attached hydrogens (primary N) is 1. The summed E-state index contributed by atoms with van der Waals surface area (Å²) in [6.07, 6.45) is 5.87. The normalized spacial score (nSPS) is 16.8. The molecule has 2 N–H and O–H groups in total. The minimum absolute atomic E-state index is 0.0182. The first-order chi connectivity index (χ1) is 6.63. The van der Waals surface area contributed by atoms with Crippen molar-refractivity contribution in [3.63, 3.8) is 0 Å². The van der Waals surface area contributed by atoms with E-state index in [2.05, 4.69) is 29.6 Å². The lowest BCUT2D eigenvalue weighted by Crippen LogP contribution is -2.28. The summed E-state index contributed by atoms with van der Waals surface area (Å²) in [7, 11) is 0. The Labute approximate surface area is 85.3 Å². The molecular weight excluding hydrogens is 174 g/mol. The molecule has 0 fully saturated rings. The molecule has 0 spiro atoms. The van der Waals surface area contributed by atoms with Crippen molar-refractivity contribution < 1.29 is 0 Å². The maximum absolute atomic E-state index is 5.75. The lowest BCUT2D eigenvalue weighted by Gasteiger charge is -2.19. The summed E-state index contributed by atoms with van der Waals surface area (Å²) >= 11 is 0. The topological polar surface area (TPSA) is 43.8 Å². The zero-order chi connectivity index (χ0) is 10.2. The van der Waals surface area contributed by atoms with Crippen molar-refractivity contribution in [3.8, 4) is 0 Å². The summed E-state index contributed by atoms with van der Waals surface area (Å²) in [5.41, 5.74) is 6.92. The highest BCUT2D eigenvalue weighted by Crippen LogP contribution is 2.23. The van der Waals surface area contributed by atoms with Crippen LogP contribution in [0.15, 0.2) is 6.20 Å². The molecule has 0 amide bonds. The molecule has 0 radical (unpaired) electrons.